The van der Waals surface area contributed by atoms with E-state index in [0.717, 1.165) is 18.6 Å². The molecule has 0 aromatic heterocycles. The Morgan fingerprint density at radius 3 is 2.33 bits per heavy atom. The van der Waals surface area contributed by atoms with E-state index in [2.05, 4.69) is 20.8 Å². The molecule has 0 saturated heterocycles. The lowest BCUT2D eigenvalue weighted by molar-refractivity contribution is -0.0242. The van der Waals surface area contributed by atoms with Crippen molar-refractivity contribution in [2.45, 2.75) is 46.1 Å². The molecule has 114 valence electrons. The number of carbonyl (C=O) groups excluding carboxylic acids is 1. The van der Waals surface area contributed by atoms with Gasteiger partial charge in [-0.1, -0.05) is 20.8 Å². The molecule has 3 nitrogen and oxygen atoms in total. The highest BCUT2D eigenvalue weighted by Crippen LogP contribution is 2.66. The largest absolute Gasteiger partial charge is 0.497 e. The fourth-order valence-electron chi connectivity index (χ4n) is 4.23. The summed E-state index contributed by atoms with van der Waals surface area (Å²) in [7, 11) is 1.62. The number of hydrogen-bond acceptors (Lipinski definition) is 3. The van der Waals surface area contributed by atoms with Gasteiger partial charge in [0, 0.05) is 5.41 Å². The van der Waals surface area contributed by atoms with Crippen LogP contribution in [0.5, 0.6) is 5.75 Å². The van der Waals surface area contributed by atoms with Crippen molar-refractivity contribution in [1.82, 2.24) is 0 Å². The first kappa shape index (κ1) is 14.4. The van der Waals surface area contributed by atoms with Crippen molar-refractivity contribution in [3.05, 3.63) is 29.8 Å². The number of rotatable bonds is 3. The highest BCUT2D eigenvalue weighted by molar-refractivity contribution is 5.89. The summed E-state index contributed by atoms with van der Waals surface area (Å²) >= 11 is 0. The number of benzene rings is 1. The maximum absolute atomic E-state index is 12.4. The minimum Gasteiger partial charge on any atom is -0.497 e. The quantitative estimate of drug-likeness (QED) is 0.787. The molecule has 0 N–H and O–H groups in total. The Labute approximate surface area is 126 Å². The molecule has 2 aliphatic rings. The first-order valence-electron chi connectivity index (χ1n) is 7.73. The van der Waals surface area contributed by atoms with Crippen LogP contribution in [0.15, 0.2) is 24.3 Å². The maximum Gasteiger partial charge on any atom is 0.338 e. The first-order chi connectivity index (χ1) is 9.88. The van der Waals surface area contributed by atoms with E-state index in [9.17, 15) is 4.79 Å². The van der Waals surface area contributed by atoms with Gasteiger partial charge in [-0.2, -0.15) is 0 Å². The van der Waals surface area contributed by atoms with Gasteiger partial charge in [0.1, 0.15) is 11.9 Å². The Morgan fingerprint density at radius 1 is 1.19 bits per heavy atom. The second-order valence-electron chi connectivity index (χ2n) is 7.23. The molecule has 3 heteroatoms. The molecule has 1 aromatic carbocycles. The molecule has 0 amide bonds. The maximum atomic E-state index is 12.4. The molecule has 0 aliphatic heterocycles. The highest BCUT2D eigenvalue weighted by Gasteiger charge is 2.62. The standard InChI is InChI=1S/C18H24O3/c1-17(2)13-9-10-18(17,3)15(11-13)21-16(19)12-5-7-14(20-4)8-6-12/h5-8,13,15H,9-11H2,1-4H3/t13?,15-,18-/m1/s1. The van der Waals surface area contributed by atoms with E-state index in [1.54, 1.807) is 31.4 Å². The van der Waals surface area contributed by atoms with Crippen LogP contribution in [0.4, 0.5) is 0 Å². The van der Waals surface area contributed by atoms with Crippen molar-refractivity contribution >= 4 is 5.97 Å². The average Bonchev–Trinajstić information content (AvgIpc) is 2.80. The molecular formula is C18H24O3. The van der Waals surface area contributed by atoms with Gasteiger partial charge in [-0.05, 0) is 54.9 Å². The fraction of sp³-hybridized carbons (Fsp3) is 0.611. The molecule has 2 bridgehead atoms. The van der Waals surface area contributed by atoms with E-state index in [1.165, 1.54) is 6.42 Å². The third kappa shape index (κ3) is 2.05. The topological polar surface area (TPSA) is 35.5 Å². The fourth-order valence-corrected chi connectivity index (χ4v) is 4.23. The zero-order valence-electron chi connectivity index (χ0n) is 13.3. The van der Waals surface area contributed by atoms with Crippen LogP contribution in [0.1, 0.15) is 50.4 Å². The molecule has 0 spiro atoms. The Kier molecular flexibility index (Phi) is 3.27. The molecular weight excluding hydrogens is 264 g/mol. The second kappa shape index (κ2) is 4.75. The lowest BCUT2D eigenvalue weighted by Gasteiger charge is -2.38. The first-order valence-corrected chi connectivity index (χ1v) is 7.73. The van der Waals surface area contributed by atoms with Crippen molar-refractivity contribution in [1.29, 1.82) is 0 Å². The van der Waals surface area contributed by atoms with Crippen LogP contribution in [0.2, 0.25) is 0 Å². The van der Waals surface area contributed by atoms with Gasteiger partial charge in [0.15, 0.2) is 0 Å². The lowest BCUT2D eigenvalue weighted by Crippen LogP contribution is -2.38. The zero-order chi connectivity index (χ0) is 15.3. The van der Waals surface area contributed by atoms with Gasteiger partial charge in [-0.15, -0.1) is 0 Å². The van der Waals surface area contributed by atoms with Crippen molar-refractivity contribution < 1.29 is 14.3 Å². The summed E-state index contributed by atoms with van der Waals surface area (Å²) in [6.07, 6.45) is 3.47. The Morgan fingerprint density at radius 2 is 1.86 bits per heavy atom. The van der Waals surface area contributed by atoms with E-state index < -0.39 is 0 Å². The van der Waals surface area contributed by atoms with Gasteiger partial charge in [-0.25, -0.2) is 4.79 Å². The minimum absolute atomic E-state index is 0.0425. The van der Waals surface area contributed by atoms with E-state index in [-0.39, 0.29) is 22.9 Å². The molecule has 2 aliphatic carbocycles. The van der Waals surface area contributed by atoms with Crippen LogP contribution in [-0.4, -0.2) is 19.2 Å². The predicted octanol–water partition coefficient (Wildman–Crippen LogP) is 4.07. The van der Waals surface area contributed by atoms with Gasteiger partial charge in [-0.3, -0.25) is 0 Å². The summed E-state index contributed by atoms with van der Waals surface area (Å²) in [6, 6.07) is 7.12. The third-order valence-corrected chi connectivity index (χ3v) is 6.29. The Hall–Kier alpha value is -1.51. The van der Waals surface area contributed by atoms with Gasteiger partial charge >= 0.3 is 5.97 Å². The smallest absolute Gasteiger partial charge is 0.338 e. The average molecular weight is 288 g/mol. The van der Waals surface area contributed by atoms with Gasteiger partial charge in [0.05, 0.1) is 12.7 Å². The number of carbonyl (C=O) groups is 1. The summed E-state index contributed by atoms with van der Waals surface area (Å²) in [5.41, 5.74) is 0.970. The SMILES string of the molecule is COc1ccc(C(=O)O[C@@H]2CC3CC[C@@]2(C)C3(C)C)cc1. The van der Waals surface area contributed by atoms with E-state index in [1.807, 2.05) is 0 Å². The summed E-state index contributed by atoms with van der Waals surface area (Å²) in [5.74, 6) is 1.21. The van der Waals surface area contributed by atoms with E-state index in [0.29, 0.717) is 11.5 Å². The number of ether oxygens (including phenoxy) is 2. The second-order valence-corrected chi connectivity index (χ2v) is 7.23. The molecule has 3 rings (SSSR count). The minimum atomic E-state index is -0.216. The Balaban J connectivity index is 1.74. The van der Waals surface area contributed by atoms with Crippen LogP contribution >= 0.6 is 0 Å². The van der Waals surface area contributed by atoms with Crippen LogP contribution in [-0.2, 0) is 4.74 Å². The monoisotopic (exact) mass is 288 g/mol. The van der Waals surface area contributed by atoms with Gasteiger partial charge in [0.2, 0.25) is 0 Å². The van der Waals surface area contributed by atoms with Crippen molar-refractivity contribution in [2.24, 2.45) is 16.7 Å². The predicted molar refractivity (Wildman–Crippen MR) is 81.4 cm³/mol. The molecule has 21 heavy (non-hydrogen) atoms. The molecule has 0 heterocycles. The van der Waals surface area contributed by atoms with Gasteiger partial charge < -0.3 is 9.47 Å². The van der Waals surface area contributed by atoms with Crippen LogP contribution < -0.4 is 4.74 Å². The molecule has 2 saturated carbocycles. The van der Waals surface area contributed by atoms with E-state index in [4.69, 9.17) is 9.47 Å². The van der Waals surface area contributed by atoms with Crippen LogP contribution in [0.25, 0.3) is 0 Å². The molecule has 0 radical (unpaired) electrons. The van der Waals surface area contributed by atoms with Gasteiger partial charge in [0.25, 0.3) is 0 Å². The number of methoxy groups -OCH3 is 1. The normalized spacial score (nSPS) is 33.0. The molecule has 3 atom stereocenters. The number of esters is 1. The third-order valence-electron chi connectivity index (χ3n) is 6.29. The number of fused-ring (bicyclic) bond motifs is 2. The molecule has 1 aromatic rings. The summed E-state index contributed by atoms with van der Waals surface area (Å²) < 4.78 is 11.0. The number of hydrogen-bond donors (Lipinski definition) is 0. The van der Waals surface area contributed by atoms with E-state index >= 15 is 0 Å². The summed E-state index contributed by atoms with van der Waals surface area (Å²) in [6.45, 7) is 6.93. The highest BCUT2D eigenvalue weighted by atomic mass is 16.5. The molecule has 2 fully saturated rings. The zero-order valence-corrected chi connectivity index (χ0v) is 13.3. The summed E-state index contributed by atoms with van der Waals surface area (Å²) in [4.78, 5) is 12.4. The van der Waals surface area contributed by atoms with Crippen molar-refractivity contribution in [2.75, 3.05) is 7.11 Å². The Bertz CT molecular complexity index is 546. The lowest BCUT2D eigenvalue weighted by atomic mass is 9.70. The van der Waals surface area contributed by atoms with Crippen LogP contribution in [0.3, 0.4) is 0 Å². The van der Waals surface area contributed by atoms with Crippen LogP contribution in [0, 0.1) is 16.7 Å². The summed E-state index contributed by atoms with van der Waals surface area (Å²) in [5, 5.41) is 0. The molecule has 1 unspecified atom stereocenters. The van der Waals surface area contributed by atoms with Crippen molar-refractivity contribution in [3.8, 4) is 5.75 Å². The van der Waals surface area contributed by atoms with Crippen molar-refractivity contribution in [3.63, 3.8) is 0 Å².